The number of piperazine rings is 1. The highest BCUT2D eigenvalue weighted by molar-refractivity contribution is 5.96. The first-order valence-corrected chi connectivity index (χ1v) is 11.5. The number of carbonyl (C=O) groups is 2. The number of anilines is 2. The second-order valence-corrected chi connectivity index (χ2v) is 9.02. The lowest BCUT2D eigenvalue weighted by Crippen LogP contribution is -2.51. The van der Waals surface area contributed by atoms with Crippen LogP contribution in [-0.2, 0) is 11.0 Å². The maximum absolute atomic E-state index is 13.0. The van der Waals surface area contributed by atoms with Gasteiger partial charge in [0.2, 0.25) is 5.91 Å². The van der Waals surface area contributed by atoms with Gasteiger partial charge in [0.25, 0.3) is 0 Å². The fourth-order valence-electron chi connectivity index (χ4n) is 4.36. The highest BCUT2D eigenvalue weighted by Gasteiger charge is 2.33. The second kappa shape index (κ2) is 9.56. The van der Waals surface area contributed by atoms with Gasteiger partial charge in [-0.2, -0.15) is 13.2 Å². The van der Waals surface area contributed by atoms with Gasteiger partial charge >= 0.3 is 12.2 Å². The van der Waals surface area contributed by atoms with Crippen LogP contribution in [0.3, 0.4) is 0 Å². The molecule has 0 aromatic heterocycles. The number of alkyl halides is 3. The molecule has 2 aromatic rings. The van der Waals surface area contributed by atoms with Crippen molar-refractivity contribution in [3.05, 3.63) is 59.7 Å². The van der Waals surface area contributed by atoms with E-state index < -0.39 is 11.7 Å². The highest BCUT2D eigenvalue weighted by atomic mass is 19.4. The molecule has 2 aliphatic rings. The molecular weight excluding hydrogens is 445 g/mol. The normalized spacial score (nSPS) is 17.2. The quantitative estimate of drug-likeness (QED) is 0.645. The van der Waals surface area contributed by atoms with Crippen molar-refractivity contribution in [1.82, 2.24) is 9.80 Å². The number of hydrogen-bond donors (Lipinski definition) is 0. The van der Waals surface area contributed by atoms with Crippen LogP contribution in [0.1, 0.15) is 30.9 Å². The van der Waals surface area contributed by atoms with E-state index in [0.29, 0.717) is 50.9 Å². The molecule has 6 nitrogen and oxygen atoms in total. The molecule has 9 heteroatoms. The van der Waals surface area contributed by atoms with Gasteiger partial charge in [-0.05, 0) is 41.8 Å². The third-order valence-electron chi connectivity index (χ3n) is 6.46. The average molecular weight is 475 g/mol. The van der Waals surface area contributed by atoms with Crippen LogP contribution in [0.5, 0.6) is 0 Å². The number of halogens is 3. The van der Waals surface area contributed by atoms with Gasteiger partial charge in [0.15, 0.2) is 0 Å². The first kappa shape index (κ1) is 23.9. The van der Waals surface area contributed by atoms with Crippen molar-refractivity contribution < 1.29 is 22.8 Å². The van der Waals surface area contributed by atoms with Crippen molar-refractivity contribution in [2.24, 2.45) is 0 Å². The van der Waals surface area contributed by atoms with Crippen LogP contribution in [0.2, 0.25) is 0 Å². The zero-order chi connectivity index (χ0) is 24.5. The minimum absolute atomic E-state index is 0.00295. The fraction of sp³-hybridized carbons (Fsp3) is 0.440. The minimum atomic E-state index is -4.39. The summed E-state index contributed by atoms with van der Waals surface area (Å²) >= 11 is 0. The Morgan fingerprint density at radius 2 is 1.59 bits per heavy atom. The van der Waals surface area contributed by atoms with Crippen LogP contribution in [0.15, 0.2) is 48.5 Å². The molecule has 4 rings (SSSR count). The Kier molecular flexibility index (Phi) is 6.72. The minimum Gasteiger partial charge on any atom is -0.368 e. The van der Waals surface area contributed by atoms with Gasteiger partial charge in [-0.15, -0.1) is 0 Å². The summed E-state index contributed by atoms with van der Waals surface area (Å²) in [6.07, 6.45) is -4.39. The summed E-state index contributed by atoms with van der Waals surface area (Å²) in [5.41, 5.74) is 1.83. The van der Waals surface area contributed by atoms with Crippen LogP contribution in [0, 0.1) is 0 Å². The van der Waals surface area contributed by atoms with Crippen LogP contribution in [-0.4, -0.2) is 67.6 Å². The van der Waals surface area contributed by atoms with Crippen molar-refractivity contribution >= 4 is 23.3 Å². The van der Waals surface area contributed by atoms with E-state index >= 15 is 0 Å². The number of nitrogens with zero attached hydrogens (tertiary/aromatic N) is 4. The van der Waals surface area contributed by atoms with Crippen LogP contribution in [0.4, 0.5) is 29.3 Å². The third-order valence-corrected chi connectivity index (χ3v) is 6.46. The van der Waals surface area contributed by atoms with E-state index in [2.05, 4.69) is 13.8 Å². The lowest BCUT2D eigenvalue weighted by molar-refractivity contribution is -0.137. The SMILES string of the molecule is CC(C)c1ccc(N2CCN(CC(=O)N3CCN(c4cccc(C(F)(F)F)c4)CC3)C2=O)cc1. The summed E-state index contributed by atoms with van der Waals surface area (Å²) in [5.74, 6) is 0.264. The Morgan fingerprint density at radius 1 is 0.912 bits per heavy atom. The van der Waals surface area contributed by atoms with Crippen LogP contribution < -0.4 is 9.80 Å². The van der Waals surface area contributed by atoms with Crippen LogP contribution in [0.25, 0.3) is 0 Å². The molecular formula is C25H29F3N4O2. The average Bonchev–Trinajstić information content (AvgIpc) is 3.18. The van der Waals surface area contributed by atoms with Gasteiger partial charge in [0.05, 0.1) is 5.56 Å². The summed E-state index contributed by atoms with van der Waals surface area (Å²) in [6.45, 7) is 6.91. The Labute approximate surface area is 197 Å². The molecule has 0 aliphatic carbocycles. The van der Waals surface area contributed by atoms with Crippen molar-refractivity contribution in [2.75, 3.05) is 55.6 Å². The molecule has 2 saturated heterocycles. The maximum Gasteiger partial charge on any atom is 0.416 e. The topological polar surface area (TPSA) is 47.1 Å². The molecule has 34 heavy (non-hydrogen) atoms. The number of amides is 3. The van der Waals surface area contributed by atoms with Crippen molar-refractivity contribution in [3.8, 4) is 0 Å². The molecule has 0 spiro atoms. The molecule has 2 aromatic carbocycles. The first-order chi connectivity index (χ1) is 16.1. The van der Waals surface area contributed by atoms with Crippen molar-refractivity contribution in [1.29, 1.82) is 0 Å². The molecule has 0 radical (unpaired) electrons. The second-order valence-electron chi connectivity index (χ2n) is 9.02. The molecule has 0 saturated carbocycles. The van der Waals surface area contributed by atoms with Gasteiger partial charge in [0.1, 0.15) is 6.54 Å². The number of hydrogen-bond acceptors (Lipinski definition) is 3. The first-order valence-electron chi connectivity index (χ1n) is 11.5. The maximum atomic E-state index is 13.0. The molecule has 0 atom stereocenters. The summed E-state index contributed by atoms with van der Waals surface area (Å²) in [4.78, 5) is 32.5. The Bertz CT molecular complexity index is 1030. The van der Waals surface area contributed by atoms with Gasteiger partial charge in [-0.1, -0.05) is 32.0 Å². The monoisotopic (exact) mass is 474 g/mol. The van der Waals surface area contributed by atoms with E-state index in [-0.39, 0.29) is 18.5 Å². The molecule has 0 N–H and O–H groups in total. The van der Waals surface area contributed by atoms with E-state index in [1.807, 2.05) is 29.2 Å². The number of benzene rings is 2. The molecule has 2 heterocycles. The van der Waals surface area contributed by atoms with Gasteiger partial charge < -0.3 is 14.7 Å². The largest absolute Gasteiger partial charge is 0.416 e. The van der Waals surface area contributed by atoms with E-state index in [9.17, 15) is 22.8 Å². The molecule has 2 aliphatic heterocycles. The Balaban J connectivity index is 1.31. The number of carbonyl (C=O) groups excluding carboxylic acids is 2. The van der Waals surface area contributed by atoms with E-state index in [4.69, 9.17) is 0 Å². The zero-order valence-electron chi connectivity index (χ0n) is 19.4. The smallest absolute Gasteiger partial charge is 0.368 e. The molecule has 2 fully saturated rings. The lowest BCUT2D eigenvalue weighted by atomic mass is 10.0. The predicted octanol–water partition coefficient (Wildman–Crippen LogP) is 4.42. The standard InChI is InChI=1S/C25H29F3N4O2/c1-18(2)19-6-8-21(9-7-19)32-15-14-31(24(32)34)17-23(33)30-12-10-29(11-13-30)22-5-3-4-20(16-22)25(26,27)28/h3-9,16,18H,10-15,17H2,1-2H3. The Morgan fingerprint density at radius 3 is 2.21 bits per heavy atom. The van der Waals surface area contributed by atoms with E-state index in [1.165, 1.54) is 11.6 Å². The summed E-state index contributed by atoms with van der Waals surface area (Å²) in [6, 6.07) is 13.0. The highest BCUT2D eigenvalue weighted by Crippen LogP contribution is 2.32. The van der Waals surface area contributed by atoms with Gasteiger partial charge in [0, 0.05) is 50.6 Å². The van der Waals surface area contributed by atoms with E-state index in [1.54, 1.807) is 20.8 Å². The van der Waals surface area contributed by atoms with Crippen molar-refractivity contribution in [3.63, 3.8) is 0 Å². The predicted molar refractivity (Wildman–Crippen MR) is 125 cm³/mol. The van der Waals surface area contributed by atoms with Gasteiger partial charge in [-0.3, -0.25) is 9.69 Å². The fourth-order valence-corrected chi connectivity index (χ4v) is 4.36. The van der Waals surface area contributed by atoms with Gasteiger partial charge in [-0.25, -0.2) is 4.79 Å². The lowest BCUT2D eigenvalue weighted by Gasteiger charge is -2.37. The number of rotatable bonds is 5. The Hall–Kier alpha value is -3.23. The summed E-state index contributed by atoms with van der Waals surface area (Å²) in [7, 11) is 0. The van der Waals surface area contributed by atoms with Crippen molar-refractivity contribution in [2.45, 2.75) is 25.9 Å². The molecule has 3 amide bonds. The summed E-state index contributed by atoms with van der Waals surface area (Å²) < 4.78 is 39.0. The molecule has 0 bridgehead atoms. The third kappa shape index (κ3) is 5.13. The number of urea groups is 1. The molecule has 182 valence electrons. The molecule has 0 unspecified atom stereocenters. The zero-order valence-corrected chi connectivity index (χ0v) is 19.4. The van der Waals surface area contributed by atoms with E-state index in [0.717, 1.165) is 17.8 Å². The summed E-state index contributed by atoms with van der Waals surface area (Å²) in [5, 5.41) is 0. The van der Waals surface area contributed by atoms with Crippen LogP contribution >= 0.6 is 0 Å².